The Morgan fingerprint density at radius 1 is 1.17 bits per heavy atom. The largest absolute Gasteiger partial charge is 0.437 e. The van der Waals surface area contributed by atoms with Gasteiger partial charge in [0.25, 0.3) is 0 Å². The first-order valence-corrected chi connectivity index (χ1v) is 7.23. The number of hydrogen-bond acceptors (Lipinski definition) is 4. The second-order valence-electron chi connectivity index (χ2n) is 4.76. The monoisotopic (exact) mass is 325 g/mol. The average Bonchev–Trinajstić information content (AvgIpc) is 2.90. The molecule has 0 fully saturated rings. The van der Waals surface area contributed by atoms with E-state index in [1.54, 1.807) is 41.1 Å². The number of ether oxygens (including phenoxy) is 1. The molecule has 0 atom stereocenters. The zero-order valence-corrected chi connectivity index (χ0v) is 13.0. The minimum Gasteiger partial charge on any atom is -0.437 e. The molecule has 1 heterocycles. The molecule has 0 amide bonds. The highest BCUT2D eigenvalue weighted by atomic mass is 35.5. The highest BCUT2D eigenvalue weighted by Crippen LogP contribution is 2.33. The molecule has 3 rings (SSSR count). The Hall–Kier alpha value is -2.88. The topological polar surface area (TPSA) is 56.5 Å². The predicted molar refractivity (Wildman–Crippen MR) is 87.6 cm³/mol. The molecule has 1 aromatic heterocycles. The maximum atomic E-state index is 10.5. The lowest BCUT2D eigenvalue weighted by atomic mass is 10.3. The second-order valence-corrected chi connectivity index (χ2v) is 5.17. The third-order valence-electron chi connectivity index (χ3n) is 3.13. The van der Waals surface area contributed by atoms with Crippen LogP contribution in [-0.4, -0.2) is 15.9 Å². The number of benzene rings is 2. The first-order valence-electron chi connectivity index (χ1n) is 6.85. The molecule has 3 aromatic rings. The molecule has 0 radical (unpaired) electrons. The summed E-state index contributed by atoms with van der Waals surface area (Å²) < 4.78 is 7.50. The Balaban J connectivity index is 2.06. The van der Waals surface area contributed by atoms with E-state index >= 15 is 0 Å². The Labute approximate surface area is 137 Å². The lowest BCUT2D eigenvalue weighted by Crippen LogP contribution is -2.00. The Bertz CT molecular complexity index is 898. The van der Waals surface area contributed by atoms with Gasteiger partial charge in [-0.25, -0.2) is 4.79 Å². The number of para-hydroxylation sites is 3. The summed E-state index contributed by atoms with van der Waals surface area (Å²) in [5.41, 5.74) is 1.87. The van der Waals surface area contributed by atoms with Gasteiger partial charge in [-0.05, 0) is 31.2 Å². The fourth-order valence-corrected chi connectivity index (χ4v) is 2.36. The van der Waals surface area contributed by atoms with Crippen LogP contribution in [0.1, 0.15) is 5.69 Å². The van der Waals surface area contributed by atoms with Crippen LogP contribution in [0.3, 0.4) is 0 Å². The van der Waals surface area contributed by atoms with E-state index in [9.17, 15) is 4.79 Å². The van der Waals surface area contributed by atoms with Crippen LogP contribution >= 0.6 is 11.6 Å². The quantitative estimate of drug-likeness (QED) is 0.520. The number of hydrogen-bond donors (Lipinski definition) is 0. The molecule has 2 aromatic carbocycles. The van der Waals surface area contributed by atoms with Crippen LogP contribution in [0.5, 0.6) is 11.6 Å². The van der Waals surface area contributed by atoms with Crippen molar-refractivity contribution in [2.24, 2.45) is 4.99 Å². The SMILES string of the molecule is Cc1cc(Oc2ccccc2N=C=O)n(-c2ccccc2Cl)n1. The molecule has 0 aliphatic rings. The fourth-order valence-electron chi connectivity index (χ4n) is 2.14. The summed E-state index contributed by atoms with van der Waals surface area (Å²) in [5, 5.41) is 4.97. The number of rotatable bonds is 4. The molecule has 0 N–H and O–H groups in total. The molecular weight excluding hydrogens is 314 g/mol. The van der Waals surface area contributed by atoms with E-state index < -0.39 is 0 Å². The van der Waals surface area contributed by atoms with Crippen molar-refractivity contribution in [3.63, 3.8) is 0 Å². The van der Waals surface area contributed by atoms with Gasteiger partial charge in [0, 0.05) is 6.07 Å². The summed E-state index contributed by atoms with van der Waals surface area (Å²) >= 11 is 6.24. The Morgan fingerprint density at radius 3 is 2.70 bits per heavy atom. The van der Waals surface area contributed by atoms with E-state index in [0.29, 0.717) is 28.0 Å². The average molecular weight is 326 g/mol. The van der Waals surface area contributed by atoms with Crippen LogP contribution in [0.4, 0.5) is 5.69 Å². The van der Waals surface area contributed by atoms with Crippen molar-refractivity contribution >= 4 is 23.4 Å². The van der Waals surface area contributed by atoms with Crippen molar-refractivity contribution in [3.8, 4) is 17.3 Å². The molecule has 0 bridgehead atoms. The van der Waals surface area contributed by atoms with Crippen molar-refractivity contribution in [1.29, 1.82) is 0 Å². The number of aliphatic imine (C=N–C) groups is 1. The molecule has 6 heteroatoms. The van der Waals surface area contributed by atoms with Gasteiger partial charge in [0.15, 0.2) is 5.75 Å². The van der Waals surface area contributed by atoms with Crippen LogP contribution < -0.4 is 4.74 Å². The van der Waals surface area contributed by atoms with Crippen LogP contribution in [0.15, 0.2) is 59.6 Å². The molecule has 0 spiro atoms. The molecular formula is C17H12ClN3O2. The minimum atomic E-state index is 0.395. The van der Waals surface area contributed by atoms with Gasteiger partial charge in [0.2, 0.25) is 12.0 Å². The van der Waals surface area contributed by atoms with Crippen LogP contribution in [0.2, 0.25) is 5.02 Å². The maximum Gasteiger partial charge on any atom is 0.240 e. The van der Waals surface area contributed by atoms with E-state index in [0.717, 1.165) is 5.69 Å². The van der Waals surface area contributed by atoms with E-state index in [1.807, 2.05) is 25.1 Å². The summed E-state index contributed by atoms with van der Waals surface area (Å²) in [4.78, 5) is 14.2. The van der Waals surface area contributed by atoms with E-state index in [-0.39, 0.29) is 0 Å². The standard InChI is InChI=1S/C17H12ClN3O2/c1-12-10-17(21(20-12)15-8-4-2-6-13(15)18)23-16-9-5-3-7-14(16)19-11-22/h2-10H,1H3. The number of aromatic nitrogens is 2. The summed E-state index contributed by atoms with van der Waals surface area (Å²) in [5.74, 6) is 0.910. The van der Waals surface area contributed by atoms with Crippen molar-refractivity contribution in [3.05, 3.63) is 65.3 Å². The fraction of sp³-hybridized carbons (Fsp3) is 0.0588. The summed E-state index contributed by atoms with van der Waals surface area (Å²) in [6.07, 6.45) is 1.52. The Kier molecular flexibility index (Phi) is 4.24. The molecule has 0 aliphatic carbocycles. The first kappa shape index (κ1) is 15.0. The van der Waals surface area contributed by atoms with Gasteiger partial charge in [0.05, 0.1) is 16.4 Å². The molecule has 23 heavy (non-hydrogen) atoms. The molecule has 0 saturated heterocycles. The van der Waals surface area contributed by atoms with Crippen molar-refractivity contribution in [1.82, 2.24) is 9.78 Å². The maximum absolute atomic E-state index is 10.5. The predicted octanol–water partition coefficient (Wildman–Crippen LogP) is 4.59. The van der Waals surface area contributed by atoms with Crippen molar-refractivity contribution < 1.29 is 9.53 Å². The number of halogens is 1. The highest BCUT2D eigenvalue weighted by Gasteiger charge is 2.13. The van der Waals surface area contributed by atoms with Crippen LogP contribution in [-0.2, 0) is 4.79 Å². The van der Waals surface area contributed by atoms with Gasteiger partial charge in [-0.2, -0.15) is 14.8 Å². The summed E-state index contributed by atoms with van der Waals surface area (Å²) in [6.45, 7) is 1.86. The lowest BCUT2D eigenvalue weighted by Gasteiger charge is -2.11. The smallest absolute Gasteiger partial charge is 0.240 e. The Morgan fingerprint density at radius 2 is 1.91 bits per heavy atom. The van der Waals surface area contributed by atoms with E-state index in [1.165, 1.54) is 6.08 Å². The zero-order valence-electron chi connectivity index (χ0n) is 12.2. The van der Waals surface area contributed by atoms with Crippen LogP contribution in [0.25, 0.3) is 5.69 Å². The van der Waals surface area contributed by atoms with Gasteiger partial charge in [0.1, 0.15) is 5.69 Å². The minimum absolute atomic E-state index is 0.395. The van der Waals surface area contributed by atoms with Gasteiger partial charge in [-0.1, -0.05) is 35.9 Å². The normalized spacial score (nSPS) is 10.2. The summed E-state index contributed by atoms with van der Waals surface area (Å²) in [7, 11) is 0. The third-order valence-corrected chi connectivity index (χ3v) is 3.44. The van der Waals surface area contributed by atoms with Gasteiger partial charge >= 0.3 is 0 Å². The van der Waals surface area contributed by atoms with Crippen molar-refractivity contribution in [2.75, 3.05) is 0 Å². The first-order chi connectivity index (χ1) is 11.2. The number of isocyanates is 1. The van der Waals surface area contributed by atoms with Gasteiger partial charge in [-0.15, -0.1) is 0 Å². The lowest BCUT2D eigenvalue weighted by molar-refractivity contribution is 0.445. The molecule has 114 valence electrons. The molecule has 5 nitrogen and oxygen atoms in total. The van der Waals surface area contributed by atoms with Gasteiger partial charge < -0.3 is 4.74 Å². The van der Waals surface area contributed by atoms with Crippen LogP contribution in [0, 0.1) is 6.92 Å². The highest BCUT2D eigenvalue weighted by molar-refractivity contribution is 6.32. The zero-order chi connectivity index (χ0) is 16.2. The second kappa shape index (κ2) is 6.48. The number of nitrogens with zero attached hydrogens (tertiary/aromatic N) is 3. The molecule has 0 unspecified atom stereocenters. The van der Waals surface area contributed by atoms with E-state index in [2.05, 4.69) is 10.1 Å². The summed E-state index contributed by atoms with van der Waals surface area (Å²) in [6, 6.07) is 16.1. The van der Waals surface area contributed by atoms with Crippen molar-refractivity contribution in [2.45, 2.75) is 6.92 Å². The molecule has 0 aliphatic heterocycles. The number of carbonyl (C=O) groups excluding carboxylic acids is 1. The van der Waals surface area contributed by atoms with E-state index in [4.69, 9.17) is 16.3 Å². The third kappa shape index (κ3) is 3.16. The molecule has 0 saturated carbocycles. The number of aryl methyl sites for hydroxylation is 1. The van der Waals surface area contributed by atoms with Gasteiger partial charge in [-0.3, -0.25) is 0 Å².